The molecule has 3 N–H and O–H groups in total. The summed E-state index contributed by atoms with van der Waals surface area (Å²) in [5, 5.41) is 3.19. The lowest BCUT2D eigenvalue weighted by atomic mass is 10.1. The standard InChI is InChI=1S/C11H20N4O/c1-7(2)9(12)6-13-10-5-11(16-4)15-8(3)14-10/h5,7,9H,6,12H2,1-4H3,(H,13,14,15). The van der Waals surface area contributed by atoms with E-state index in [1.54, 1.807) is 13.2 Å². The molecule has 0 saturated carbocycles. The average Bonchev–Trinajstić information content (AvgIpc) is 2.24. The first-order valence-electron chi connectivity index (χ1n) is 5.42. The van der Waals surface area contributed by atoms with Gasteiger partial charge in [0.25, 0.3) is 0 Å². The average molecular weight is 224 g/mol. The van der Waals surface area contributed by atoms with Crippen LogP contribution < -0.4 is 15.8 Å². The molecule has 0 radical (unpaired) electrons. The molecule has 16 heavy (non-hydrogen) atoms. The van der Waals surface area contributed by atoms with Gasteiger partial charge in [0.05, 0.1) is 7.11 Å². The Morgan fingerprint density at radius 3 is 2.69 bits per heavy atom. The number of nitrogens with two attached hydrogens (primary N) is 1. The number of hydrogen-bond donors (Lipinski definition) is 2. The maximum atomic E-state index is 5.94. The Hall–Kier alpha value is -1.36. The smallest absolute Gasteiger partial charge is 0.218 e. The second kappa shape index (κ2) is 5.65. The summed E-state index contributed by atoms with van der Waals surface area (Å²) >= 11 is 0. The first kappa shape index (κ1) is 12.7. The third-order valence-electron chi connectivity index (χ3n) is 2.40. The molecule has 1 aromatic rings. The Morgan fingerprint density at radius 2 is 2.12 bits per heavy atom. The van der Waals surface area contributed by atoms with Gasteiger partial charge >= 0.3 is 0 Å². The van der Waals surface area contributed by atoms with Gasteiger partial charge < -0.3 is 15.8 Å². The van der Waals surface area contributed by atoms with Crippen LogP contribution in [-0.4, -0.2) is 29.7 Å². The van der Waals surface area contributed by atoms with Crippen LogP contribution in [0, 0.1) is 12.8 Å². The molecule has 1 unspecified atom stereocenters. The van der Waals surface area contributed by atoms with Crippen LogP contribution in [0.3, 0.4) is 0 Å². The Bertz CT molecular complexity index is 341. The molecule has 0 spiro atoms. The monoisotopic (exact) mass is 224 g/mol. The van der Waals surface area contributed by atoms with Gasteiger partial charge in [-0.3, -0.25) is 0 Å². The van der Waals surface area contributed by atoms with E-state index in [1.807, 2.05) is 6.92 Å². The van der Waals surface area contributed by atoms with Gasteiger partial charge in [0, 0.05) is 18.7 Å². The molecular weight excluding hydrogens is 204 g/mol. The molecule has 0 aromatic carbocycles. The summed E-state index contributed by atoms with van der Waals surface area (Å²) in [5.41, 5.74) is 5.94. The van der Waals surface area contributed by atoms with Gasteiger partial charge in [0.15, 0.2) is 0 Å². The SMILES string of the molecule is COc1cc(NCC(N)C(C)C)nc(C)n1. The number of rotatable bonds is 5. The molecule has 90 valence electrons. The maximum Gasteiger partial charge on any atom is 0.218 e. The van der Waals surface area contributed by atoms with E-state index in [9.17, 15) is 0 Å². The number of nitrogens with zero attached hydrogens (tertiary/aromatic N) is 2. The summed E-state index contributed by atoms with van der Waals surface area (Å²) < 4.78 is 5.07. The highest BCUT2D eigenvalue weighted by atomic mass is 16.5. The van der Waals surface area contributed by atoms with Gasteiger partial charge in [-0.2, -0.15) is 4.98 Å². The summed E-state index contributed by atoms with van der Waals surface area (Å²) in [5.74, 6) is 2.44. The Labute approximate surface area is 96.4 Å². The van der Waals surface area contributed by atoms with Crippen molar-refractivity contribution in [1.29, 1.82) is 0 Å². The number of methoxy groups -OCH3 is 1. The molecule has 1 rings (SSSR count). The minimum Gasteiger partial charge on any atom is -0.481 e. The van der Waals surface area contributed by atoms with E-state index in [4.69, 9.17) is 10.5 Å². The predicted molar refractivity (Wildman–Crippen MR) is 64.6 cm³/mol. The molecule has 0 aliphatic heterocycles. The van der Waals surface area contributed by atoms with E-state index in [2.05, 4.69) is 29.1 Å². The number of ether oxygens (including phenoxy) is 1. The molecule has 5 heteroatoms. The van der Waals surface area contributed by atoms with Crippen molar-refractivity contribution in [3.05, 3.63) is 11.9 Å². The van der Waals surface area contributed by atoms with Crippen LogP contribution in [0.4, 0.5) is 5.82 Å². The number of anilines is 1. The lowest BCUT2D eigenvalue weighted by Crippen LogP contribution is -2.34. The highest BCUT2D eigenvalue weighted by molar-refractivity contribution is 5.38. The summed E-state index contributed by atoms with van der Waals surface area (Å²) in [6.45, 7) is 6.71. The summed E-state index contributed by atoms with van der Waals surface area (Å²) in [4.78, 5) is 8.37. The minimum atomic E-state index is 0.112. The number of aromatic nitrogens is 2. The van der Waals surface area contributed by atoms with Crippen LogP contribution in [0.5, 0.6) is 5.88 Å². The molecule has 0 bridgehead atoms. The van der Waals surface area contributed by atoms with Gasteiger partial charge in [0.2, 0.25) is 5.88 Å². The van der Waals surface area contributed by atoms with Crippen molar-refractivity contribution in [3.8, 4) is 5.88 Å². The van der Waals surface area contributed by atoms with Gasteiger partial charge in [-0.25, -0.2) is 4.98 Å². The molecule has 0 aliphatic carbocycles. The van der Waals surface area contributed by atoms with Crippen molar-refractivity contribution in [1.82, 2.24) is 9.97 Å². The maximum absolute atomic E-state index is 5.94. The van der Waals surface area contributed by atoms with Crippen LogP contribution >= 0.6 is 0 Å². The fourth-order valence-electron chi connectivity index (χ4n) is 1.19. The van der Waals surface area contributed by atoms with E-state index in [-0.39, 0.29) is 6.04 Å². The summed E-state index contributed by atoms with van der Waals surface area (Å²) in [7, 11) is 1.59. The first-order chi connectivity index (χ1) is 7.52. The van der Waals surface area contributed by atoms with E-state index in [1.165, 1.54) is 0 Å². The van der Waals surface area contributed by atoms with Gasteiger partial charge in [-0.1, -0.05) is 13.8 Å². The van der Waals surface area contributed by atoms with E-state index in [0.29, 0.717) is 24.2 Å². The third-order valence-corrected chi connectivity index (χ3v) is 2.40. The van der Waals surface area contributed by atoms with E-state index in [0.717, 1.165) is 5.82 Å². The Kier molecular flexibility index (Phi) is 4.49. The zero-order chi connectivity index (χ0) is 12.1. The second-order valence-corrected chi connectivity index (χ2v) is 4.13. The lowest BCUT2D eigenvalue weighted by Gasteiger charge is -2.16. The van der Waals surface area contributed by atoms with E-state index < -0.39 is 0 Å². The van der Waals surface area contributed by atoms with Crippen LogP contribution in [0.25, 0.3) is 0 Å². The Morgan fingerprint density at radius 1 is 1.44 bits per heavy atom. The largest absolute Gasteiger partial charge is 0.481 e. The molecule has 1 heterocycles. The molecule has 0 amide bonds. The van der Waals surface area contributed by atoms with Gasteiger partial charge in [0.1, 0.15) is 11.6 Å². The van der Waals surface area contributed by atoms with Crippen molar-refractivity contribution in [3.63, 3.8) is 0 Å². The van der Waals surface area contributed by atoms with Gasteiger partial charge in [-0.15, -0.1) is 0 Å². The number of nitrogens with one attached hydrogen (secondary N) is 1. The topological polar surface area (TPSA) is 73.1 Å². The highest BCUT2D eigenvalue weighted by Gasteiger charge is 2.08. The number of hydrogen-bond acceptors (Lipinski definition) is 5. The molecule has 0 saturated heterocycles. The second-order valence-electron chi connectivity index (χ2n) is 4.13. The molecule has 0 fully saturated rings. The van der Waals surface area contributed by atoms with Crippen LogP contribution in [-0.2, 0) is 0 Å². The third kappa shape index (κ3) is 3.66. The molecule has 1 aromatic heterocycles. The first-order valence-corrected chi connectivity index (χ1v) is 5.42. The van der Waals surface area contributed by atoms with Crippen molar-refractivity contribution in [2.75, 3.05) is 19.0 Å². The zero-order valence-corrected chi connectivity index (χ0v) is 10.3. The van der Waals surface area contributed by atoms with Crippen LogP contribution in [0.15, 0.2) is 6.07 Å². The Balaban J connectivity index is 2.63. The minimum absolute atomic E-state index is 0.112. The quantitative estimate of drug-likeness (QED) is 0.786. The lowest BCUT2D eigenvalue weighted by molar-refractivity contribution is 0.396. The van der Waals surface area contributed by atoms with Crippen molar-refractivity contribution >= 4 is 5.82 Å². The number of aryl methyl sites for hydroxylation is 1. The molecule has 1 atom stereocenters. The fourth-order valence-corrected chi connectivity index (χ4v) is 1.19. The molecule has 0 aliphatic rings. The van der Waals surface area contributed by atoms with Crippen LogP contribution in [0.1, 0.15) is 19.7 Å². The van der Waals surface area contributed by atoms with Crippen molar-refractivity contribution < 1.29 is 4.74 Å². The highest BCUT2D eigenvalue weighted by Crippen LogP contribution is 2.12. The van der Waals surface area contributed by atoms with Gasteiger partial charge in [-0.05, 0) is 12.8 Å². The summed E-state index contributed by atoms with van der Waals surface area (Å²) in [6, 6.07) is 1.88. The molecular formula is C11H20N4O. The van der Waals surface area contributed by atoms with E-state index >= 15 is 0 Å². The molecule has 5 nitrogen and oxygen atoms in total. The normalized spacial score (nSPS) is 12.6. The van der Waals surface area contributed by atoms with Crippen LogP contribution in [0.2, 0.25) is 0 Å². The summed E-state index contributed by atoms with van der Waals surface area (Å²) in [6.07, 6.45) is 0. The predicted octanol–water partition coefficient (Wildman–Crippen LogP) is 1.19. The van der Waals surface area contributed by atoms with Crippen molar-refractivity contribution in [2.45, 2.75) is 26.8 Å². The fraction of sp³-hybridized carbons (Fsp3) is 0.636. The zero-order valence-electron chi connectivity index (χ0n) is 10.3. The van der Waals surface area contributed by atoms with Crippen molar-refractivity contribution in [2.24, 2.45) is 11.7 Å².